The summed E-state index contributed by atoms with van der Waals surface area (Å²) in [5.74, 6) is -0.237. The average Bonchev–Trinajstić information content (AvgIpc) is 3.04. The molecule has 1 aromatic heterocycles. The molecule has 0 aliphatic carbocycles. The van der Waals surface area contributed by atoms with E-state index in [4.69, 9.17) is 19.1 Å². The van der Waals surface area contributed by atoms with Crippen LogP contribution in [0.25, 0.3) is 0 Å². The van der Waals surface area contributed by atoms with E-state index in [9.17, 15) is 9.59 Å². The monoisotopic (exact) mass is 374 g/mol. The van der Waals surface area contributed by atoms with E-state index in [1.165, 1.54) is 12.1 Å². The van der Waals surface area contributed by atoms with E-state index in [0.29, 0.717) is 48.8 Å². The molecule has 0 radical (unpaired) electrons. The quantitative estimate of drug-likeness (QED) is 0.797. The fraction of sp³-hybridized carbons (Fsp3) is 0.421. The first kappa shape index (κ1) is 18.9. The molecular weight excluding hydrogens is 352 g/mol. The molecule has 2 atom stereocenters. The number of hydrogen-bond acceptors (Lipinski definition) is 6. The van der Waals surface area contributed by atoms with E-state index in [1.807, 2.05) is 6.92 Å². The summed E-state index contributed by atoms with van der Waals surface area (Å²) in [6.45, 7) is 4.47. The van der Waals surface area contributed by atoms with Gasteiger partial charge in [0.2, 0.25) is 0 Å². The highest BCUT2D eigenvalue weighted by Crippen LogP contribution is 2.20. The molecule has 0 bridgehead atoms. The van der Waals surface area contributed by atoms with Crippen LogP contribution in [0.3, 0.4) is 0 Å². The minimum Gasteiger partial charge on any atom is -0.486 e. The van der Waals surface area contributed by atoms with Gasteiger partial charge in [-0.3, -0.25) is 4.79 Å². The van der Waals surface area contributed by atoms with E-state index < -0.39 is 5.97 Å². The van der Waals surface area contributed by atoms with Crippen molar-refractivity contribution < 1.29 is 28.7 Å². The lowest BCUT2D eigenvalue weighted by Crippen LogP contribution is -2.51. The highest BCUT2D eigenvalue weighted by atomic mass is 16.5. The number of hydrogen-bond donors (Lipinski definition) is 2. The number of carboxylic acid groups (broad SMARTS) is 1. The van der Waals surface area contributed by atoms with Gasteiger partial charge in [-0.1, -0.05) is 12.1 Å². The number of benzene rings is 1. The molecular formula is C19H22N2O6. The van der Waals surface area contributed by atoms with Gasteiger partial charge in [0, 0.05) is 6.61 Å². The zero-order chi connectivity index (χ0) is 19.4. The number of amides is 1. The molecule has 144 valence electrons. The molecule has 3 rings (SSSR count). The van der Waals surface area contributed by atoms with E-state index in [-0.39, 0.29) is 23.6 Å². The second-order valence-corrected chi connectivity index (χ2v) is 6.34. The Morgan fingerprint density at radius 3 is 2.74 bits per heavy atom. The number of carbonyl (C=O) groups excluding carboxylic acids is 1. The third-order valence-corrected chi connectivity index (χ3v) is 4.50. The van der Waals surface area contributed by atoms with Gasteiger partial charge < -0.3 is 24.4 Å². The number of ether oxygens (including phenoxy) is 2. The van der Waals surface area contributed by atoms with Crippen LogP contribution in [0.2, 0.25) is 0 Å². The van der Waals surface area contributed by atoms with Crippen LogP contribution in [0.15, 0.2) is 28.8 Å². The van der Waals surface area contributed by atoms with Gasteiger partial charge in [0.25, 0.3) is 5.91 Å². The van der Waals surface area contributed by atoms with Crippen molar-refractivity contribution in [1.29, 1.82) is 0 Å². The maximum absolute atomic E-state index is 12.7. The molecule has 1 fully saturated rings. The van der Waals surface area contributed by atoms with Gasteiger partial charge >= 0.3 is 5.97 Å². The summed E-state index contributed by atoms with van der Waals surface area (Å²) < 4.78 is 16.6. The summed E-state index contributed by atoms with van der Waals surface area (Å²) >= 11 is 0. The molecule has 27 heavy (non-hydrogen) atoms. The molecule has 2 heterocycles. The molecule has 1 aliphatic heterocycles. The summed E-state index contributed by atoms with van der Waals surface area (Å²) in [6.07, 6.45) is 0.822. The second kappa shape index (κ2) is 8.22. The van der Waals surface area contributed by atoms with Crippen LogP contribution >= 0.6 is 0 Å². The van der Waals surface area contributed by atoms with Crippen LogP contribution in [-0.4, -0.2) is 47.5 Å². The zero-order valence-corrected chi connectivity index (χ0v) is 15.2. The highest BCUT2D eigenvalue weighted by Gasteiger charge is 2.31. The standard InChI is InChI=1S/C19H22N2O6/c1-3-14-17(11(2)27-21-14)18(22)20-15-8-9-25-10-16(15)26-13-6-4-12(5-7-13)19(23)24/h4-7,15-16H,3,8-10H2,1-2H3,(H,20,22)(H,23,24)/t15-,16-/m1/s1. The summed E-state index contributed by atoms with van der Waals surface area (Å²) in [7, 11) is 0. The largest absolute Gasteiger partial charge is 0.486 e. The van der Waals surface area contributed by atoms with E-state index in [1.54, 1.807) is 19.1 Å². The summed E-state index contributed by atoms with van der Waals surface area (Å²) in [5, 5.41) is 15.9. The average molecular weight is 374 g/mol. The lowest BCUT2D eigenvalue weighted by molar-refractivity contribution is -0.0135. The topological polar surface area (TPSA) is 111 Å². The first-order valence-corrected chi connectivity index (χ1v) is 8.83. The van der Waals surface area contributed by atoms with Crippen LogP contribution in [-0.2, 0) is 11.2 Å². The first-order valence-electron chi connectivity index (χ1n) is 8.83. The van der Waals surface area contributed by atoms with E-state index in [0.717, 1.165) is 0 Å². The minimum absolute atomic E-state index is 0.183. The molecule has 8 nitrogen and oxygen atoms in total. The number of carbonyl (C=O) groups is 2. The van der Waals surface area contributed by atoms with Crippen molar-refractivity contribution in [1.82, 2.24) is 10.5 Å². The van der Waals surface area contributed by atoms with Gasteiger partial charge in [-0.15, -0.1) is 0 Å². The molecule has 8 heteroatoms. The number of carboxylic acids is 1. The zero-order valence-electron chi connectivity index (χ0n) is 15.2. The van der Waals surface area contributed by atoms with Crippen molar-refractivity contribution in [2.45, 2.75) is 38.8 Å². The lowest BCUT2D eigenvalue weighted by atomic mass is 10.0. The van der Waals surface area contributed by atoms with Crippen molar-refractivity contribution in [3.63, 3.8) is 0 Å². The molecule has 2 N–H and O–H groups in total. The Bertz CT molecular complexity index is 814. The fourth-order valence-electron chi connectivity index (χ4n) is 3.03. The Kier molecular flexibility index (Phi) is 5.75. The summed E-state index contributed by atoms with van der Waals surface area (Å²) in [5.41, 5.74) is 1.27. The normalized spacial score (nSPS) is 19.5. The molecule has 0 unspecified atom stereocenters. The van der Waals surface area contributed by atoms with Gasteiger partial charge in [-0.25, -0.2) is 4.79 Å². The Labute approximate surface area is 156 Å². The van der Waals surface area contributed by atoms with Gasteiger partial charge in [-0.2, -0.15) is 0 Å². The predicted octanol–water partition coefficient (Wildman–Crippen LogP) is 2.21. The SMILES string of the molecule is CCc1noc(C)c1C(=O)N[C@@H]1CCOC[C@H]1Oc1ccc(C(=O)O)cc1. The van der Waals surface area contributed by atoms with Crippen molar-refractivity contribution in [3.8, 4) is 5.75 Å². The molecule has 1 amide bonds. The Hall–Kier alpha value is -2.87. The van der Waals surface area contributed by atoms with E-state index >= 15 is 0 Å². The number of nitrogens with one attached hydrogen (secondary N) is 1. The molecule has 1 aromatic carbocycles. The third kappa shape index (κ3) is 4.28. The first-order chi connectivity index (χ1) is 13.0. The highest BCUT2D eigenvalue weighted by molar-refractivity contribution is 5.96. The van der Waals surface area contributed by atoms with Gasteiger partial charge in [0.05, 0.1) is 23.9 Å². The van der Waals surface area contributed by atoms with Crippen LogP contribution < -0.4 is 10.1 Å². The molecule has 1 aliphatic rings. The predicted molar refractivity (Wildman–Crippen MR) is 95.1 cm³/mol. The van der Waals surface area contributed by atoms with Crippen molar-refractivity contribution in [2.75, 3.05) is 13.2 Å². The van der Waals surface area contributed by atoms with Crippen molar-refractivity contribution >= 4 is 11.9 Å². The minimum atomic E-state index is -0.997. The number of aryl methyl sites for hydroxylation is 2. The number of rotatable bonds is 6. The number of aromatic carboxylic acids is 1. The second-order valence-electron chi connectivity index (χ2n) is 6.34. The Morgan fingerprint density at radius 1 is 1.33 bits per heavy atom. The summed E-state index contributed by atoms with van der Waals surface area (Å²) in [4.78, 5) is 23.7. The van der Waals surface area contributed by atoms with Gasteiger partial charge in [0.15, 0.2) is 0 Å². The molecule has 1 saturated heterocycles. The van der Waals surface area contributed by atoms with Crippen molar-refractivity contribution in [2.24, 2.45) is 0 Å². The number of aromatic nitrogens is 1. The van der Waals surface area contributed by atoms with E-state index in [2.05, 4.69) is 10.5 Å². The van der Waals surface area contributed by atoms with Crippen LogP contribution in [0.5, 0.6) is 5.75 Å². The maximum Gasteiger partial charge on any atom is 0.335 e. The smallest absolute Gasteiger partial charge is 0.335 e. The van der Waals surface area contributed by atoms with Gasteiger partial charge in [-0.05, 0) is 44.0 Å². The van der Waals surface area contributed by atoms with Crippen LogP contribution in [0.4, 0.5) is 0 Å². The Morgan fingerprint density at radius 2 is 2.07 bits per heavy atom. The Balaban J connectivity index is 1.70. The summed E-state index contributed by atoms with van der Waals surface area (Å²) in [6, 6.07) is 5.89. The molecule has 0 spiro atoms. The van der Waals surface area contributed by atoms with Crippen LogP contribution in [0, 0.1) is 6.92 Å². The molecule has 0 saturated carbocycles. The number of nitrogens with zero attached hydrogens (tertiary/aromatic N) is 1. The fourth-order valence-corrected chi connectivity index (χ4v) is 3.03. The molecule has 2 aromatic rings. The third-order valence-electron chi connectivity index (χ3n) is 4.50. The maximum atomic E-state index is 12.7. The van der Waals surface area contributed by atoms with Gasteiger partial charge in [0.1, 0.15) is 23.2 Å². The van der Waals surface area contributed by atoms with Crippen molar-refractivity contribution in [3.05, 3.63) is 46.8 Å². The lowest BCUT2D eigenvalue weighted by Gasteiger charge is -2.32. The van der Waals surface area contributed by atoms with Crippen LogP contribution in [0.1, 0.15) is 45.5 Å².